The topological polar surface area (TPSA) is 55.4 Å². The Morgan fingerprint density at radius 2 is 1.67 bits per heavy atom. The third-order valence-corrected chi connectivity index (χ3v) is 3.80. The highest BCUT2D eigenvalue weighted by Crippen LogP contribution is 2.13. The smallest absolute Gasteiger partial charge is 0.220 e. The van der Waals surface area contributed by atoms with Crippen LogP contribution in [0.3, 0.4) is 0 Å². The molecule has 0 radical (unpaired) electrons. The van der Waals surface area contributed by atoms with Gasteiger partial charge >= 0.3 is 0 Å². The summed E-state index contributed by atoms with van der Waals surface area (Å²) in [6, 6.07) is 17.1. The fourth-order valence-electron chi connectivity index (χ4n) is 2.40. The lowest BCUT2D eigenvalue weighted by Crippen LogP contribution is -2.25. The lowest BCUT2D eigenvalue weighted by atomic mass is 10.1. The van der Waals surface area contributed by atoms with Crippen molar-refractivity contribution in [3.63, 3.8) is 0 Å². The molecule has 0 bridgehead atoms. The highest BCUT2D eigenvalue weighted by molar-refractivity contribution is 5.98. The van der Waals surface area contributed by atoms with E-state index in [-0.39, 0.29) is 24.5 Å². The van der Waals surface area contributed by atoms with Crippen molar-refractivity contribution in [3.8, 4) is 5.75 Å². The van der Waals surface area contributed by atoms with Gasteiger partial charge in [-0.3, -0.25) is 9.59 Å². The normalized spacial score (nSPS) is 10.2. The van der Waals surface area contributed by atoms with Gasteiger partial charge in [-0.15, -0.1) is 0 Å². The molecule has 0 aliphatic heterocycles. The van der Waals surface area contributed by atoms with E-state index in [0.717, 1.165) is 12.8 Å². The van der Waals surface area contributed by atoms with Crippen LogP contribution in [0.2, 0.25) is 0 Å². The molecule has 0 saturated heterocycles. The maximum atomic E-state index is 12.0. The number of carbonyl (C=O) groups is 2. The zero-order valence-corrected chi connectivity index (χ0v) is 14.0. The molecule has 2 aromatic carbocycles. The van der Waals surface area contributed by atoms with Crippen molar-refractivity contribution in [1.82, 2.24) is 5.32 Å². The van der Waals surface area contributed by atoms with Gasteiger partial charge < -0.3 is 10.1 Å². The summed E-state index contributed by atoms with van der Waals surface area (Å²) in [4.78, 5) is 23.9. The molecule has 2 aromatic rings. The number of carbonyl (C=O) groups excluding carboxylic acids is 2. The minimum atomic E-state index is -0.0788. The quantitative estimate of drug-likeness (QED) is 0.568. The van der Waals surface area contributed by atoms with Gasteiger partial charge in [0.1, 0.15) is 5.75 Å². The molecule has 0 heterocycles. The van der Waals surface area contributed by atoms with E-state index in [4.69, 9.17) is 4.74 Å². The minimum Gasteiger partial charge on any atom is -0.497 e. The van der Waals surface area contributed by atoms with Gasteiger partial charge in [0.2, 0.25) is 5.91 Å². The molecule has 4 nitrogen and oxygen atoms in total. The van der Waals surface area contributed by atoms with Crippen molar-refractivity contribution in [2.75, 3.05) is 13.7 Å². The molecule has 2 rings (SSSR count). The predicted molar refractivity (Wildman–Crippen MR) is 94.3 cm³/mol. The van der Waals surface area contributed by atoms with Gasteiger partial charge in [0, 0.05) is 24.9 Å². The van der Waals surface area contributed by atoms with E-state index in [9.17, 15) is 9.59 Å². The Balaban J connectivity index is 1.64. The second-order valence-corrected chi connectivity index (χ2v) is 5.59. The van der Waals surface area contributed by atoms with Crippen LogP contribution in [0.4, 0.5) is 0 Å². The fourth-order valence-corrected chi connectivity index (χ4v) is 2.40. The molecule has 0 aliphatic rings. The van der Waals surface area contributed by atoms with Crippen molar-refractivity contribution in [2.45, 2.75) is 25.7 Å². The molecule has 0 fully saturated rings. The number of ketones is 1. The first-order valence-corrected chi connectivity index (χ1v) is 8.17. The molecule has 0 spiro atoms. The maximum Gasteiger partial charge on any atom is 0.220 e. The van der Waals surface area contributed by atoms with Crippen LogP contribution >= 0.6 is 0 Å². The highest BCUT2D eigenvalue weighted by atomic mass is 16.5. The molecule has 126 valence electrons. The van der Waals surface area contributed by atoms with E-state index < -0.39 is 0 Å². The van der Waals surface area contributed by atoms with Crippen LogP contribution in [0.15, 0.2) is 54.6 Å². The predicted octanol–water partition coefficient (Wildman–Crippen LogP) is 3.41. The fraction of sp³-hybridized carbons (Fsp3) is 0.300. The van der Waals surface area contributed by atoms with E-state index in [1.807, 2.05) is 18.2 Å². The van der Waals surface area contributed by atoms with Crippen molar-refractivity contribution in [3.05, 3.63) is 65.7 Å². The Hall–Kier alpha value is -2.62. The van der Waals surface area contributed by atoms with Gasteiger partial charge in [-0.05, 0) is 42.7 Å². The molecule has 24 heavy (non-hydrogen) atoms. The number of amides is 1. The number of methoxy groups -OCH3 is 1. The van der Waals surface area contributed by atoms with Crippen molar-refractivity contribution < 1.29 is 14.3 Å². The Labute approximate surface area is 142 Å². The van der Waals surface area contributed by atoms with E-state index in [1.165, 1.54) is 5.56 Å². The third kappa shape index (κ3) is 5.88. The zero-order chi connectivity index (χ0) is 17.2. The highest BCUT2D eigenvalue weighted by Gasteiger charge is 2.09. The lowest BCUT2D eigenvalue weighted by molar-refractivity contribution is -0.121. The number of hydrogen-bond donors (Lipinski definition) is 1. The summed E-state index contributed by atoms with van der Waals surface area (Å²) in [5, 5.41) is 2.87. The monoisotopic (exact) mass is 325 g/mol. The average Bonchev–Trinajstić information content (AvgIpc) is 2.64. The Morgan fingerprint density at radius 3 is 2.33 bits per heavy atom. The number of Topliss-reactive ketones (excluding diaryl/α,β-unsaturated/α-hetero) is 1. The number of ether oxygens (including phenoxy) is 1. The first-order chi connectivity index (χ1) is 11.7. The van der Waals surface area contributed by atoms with E-state index in [1.54, 1.807) is 31.4 Å². The SMILES string of the molecule is COc1ccc(C(=O)CCC(=O)NCCCc2ccccc2)cc1. The largest absolute Gasteiger partial charge is 0.497 e. The van der Waals surface area contributed by atoms with Crippen LogP contribution in [0.1, 0.15) is 35.2 Å². The van der Waals surface area contributed by atoms with Gasteiger partial charge in [0.15, 0.2) is 5.78 Å². The van der Waals surface area contributed by atoms with E-state index in [0.29, 0.717) is 17.9 Å². The van der Waals surface area contributed by atoms with Gasteiger partial charge in [0.25, 0.3) is 0 Å². The number of hydrogen-bond acceptors (Lipinski definition) is 3. The number of rotatable bonds is 9. The molecule has 0 atom stereocenters. The van der Waals surface area contributed by atoms with Gasteiger partial charge in [0.05, 0.1) is 7.11 Å². The molecule has 1 amide bonds. The Morgan fingerprint density at radius 1 is 0.958 bits per heavy atom. The second-order valence-electron chi connectivity index (χ2n) is 5.59. The van der Waals surface area contributed by atoms with Gasteiger partial charge in [-0.1, -0.05) is 30.3 Å². The van der Waals surface area contributed by atoms with Crippen molar-refractivity contribution in [1.29, 1.82) is 0 Å². The lowest BCUT2D eigenvalue weighted by Gasteiger charge is -2.06. The molecule has 0 aromatic heterocycles. The molecule has 0 saturated carbocycles. The summed E-state index contributed by atoms with van der Waals surface area (Å²) < 4.78 is 5.06. The summed E-state index contributed by atoms with van der Waals surface area (Å²) in [5.41, 5.74) is 1.87. The molecule has 1 N–H and O–H groups in total. The summed E-state index contributed by atoms with van der Waals surface area (Å²) in [7, 11) is 1.58. The average molecular weight is 325 g/mol. The second kappa shape index (κ2) is 9.50. The molecular formula is C20H23NO3. The standard InChI is InChI=1S/C20H23NO3/c1-24-18-11-9-17(10-12-18)19(22)13-14-20(23)21-15-5-8-16-6-3-2-4-7-16/h2-4,6-7,9-12H,5,8,13-15H2,1H3,(H,21,23). The van der Waals surface area contributed by atoms with E-state index >= 15 is 0 Å². The minimum absolute atomic E-state index is 0.0305. The first kappa shape index (κ1) is 17.7. The maximum absolute atomic E-state index is 12.0. The van der Waals surface area contributed by atoms with Crippen molar-refractivity contribution >= 4 is 11.7 Å². The van der Waals surface area contributed by atoms with E-state index in [2.05, 4.69) is 17.4 Å². The molecular weight excluding hydrogens is 302 g/mol. The Kier molecular flexibility index (Phi) is 7.02. The van der Waals surface area contributed by atoms with Crippen molar-refractivity contribution in [2.24, 2.45) is 0 Å². The van der Waals surface area contributed by atoms with Crippen LogP contribution in [0.25, 0.3) is 0 Å². The summed E-state index contributed by atoms with van der Waals surface area (Å²) in [5.74, 6) is 0.602. The van der Waals surface area contributed by atoms with Crippen LogP contribution < -0.4 is 10.1 Å². The van der Waals surface area contributed by atoms with Crippen LogP contribution in [-0.2, 0) is 11.2 Å². The summed E-state index contributed by atoms with van der Waals surface area (Å²) >= 11 is 0. The number of benzene rings is 2. The first-order valence-electron chi connectivity index (χ1n) is 8.17. The molecule has 0 unspecified atom stereocenters. The summed E-state index contributed by atoms with van der Waals surface area (Å²) in [6.07, 6.45) is 2.27. The number of aryl methyl sites for hydroxylation is 1. The summed E-state index contributed by atoms with van der Waals surface area (Å²) in [6.45, 7) is 0.629. The van der Waals surface area contributed by atoms with Gasteiger partial charge in [-0.25, -0.2) is 0 Å². The molecule has 4 heteroatoms. The number of nitrogens with one attached hydrogen (secondary N) is 1. The van der Waals surface area contributed by atoms with Crippen LogP contribution in [0, 0.1) is 0 Å². The van der Waals surface area contributed by atoms with Crippen LogP contribution in [-0.4, -0.2) is 25.3 Å². The van der Waals surface area contributed by atoms with Gasteiger partial charge in [-0.2, -0.15) is 0 Å². The Bertz CT molecular complexity index is 650. The third-order valence-electron chi connectivity index (χ3n) is 3.80. The zero-order valence-electron chi connectivity index (χ0n) is 14.0. The van der Waals surface area contributed by atoms with Crippen LogP contribution in [0.5, 0.6) is 5.75 Å². The molecule has 0 aliphatic carbocycles.